The lowest BCUT2D eigenvalue weighted by Crippen LogP contribution is -2.64. The Kier molecular flexibility index (Phi) is 3.95. The van der Waals surface area contributed by atoms with E-state index in [4.69, 9.17) is 4.98 Å². The number of amides is 1. The molecule has 0 unspecified atom stereocenters. The summed E-state index contributed by atoms with van der Waals surface area (Å²) in [6.45, 7) is 1.03. The zero-order valence-electron chi connectivity index (χ0n) is 17.6. The number of hydrogen-bond donors (Lipinski definition) is 0. The number of aromatic nitrogens is 7. The molecular formula is C22H21N9O. The normalized spacial score (nSPS) is 17.3. The third-order valence-corrected chi connectivity index (χ3v) is 6.35. The molecule has 0 radical (unpaired) electrons. The number of carbonyl (C=O) groups is 1. The molecule has 1 saturated carbocycles. The molecule has 2 aliphatic rings. The first kappa shape index (κ1) is 18.7. The van der Waals surface area contributed by atoms with Crippen molar-refractivity contribution in [3.8, 4) is 28.6 Å². The van der Waals surface area contributed by atoms with Gasteiger partial charge in [0.05, 0.1) is 54.2 Å². The van der Waals surface area contributed by atoms with Crippen molar-refractivity contribution < 1.29 is 4.79 Å². The van der Waals surface area contributed by atoms with Gasteiger partial charge in [-0.25, -0.2) is 9.50 Å². The van der Waals surface area contributed by atoms with E-state index in [0.717, 1.165) is 40.9 Å². The van der Waals surface area contributed by atoms with E-state index in [-0.39, 0.29) is 11.8 Å². The van der Waals surface area contributed by atoms with Crippen molar-refractivity contribution in [2.45, 2.75) is 24.8 Å². The van der Waals surface area contributed by atoms with Crippen molar-refractivity contribution in [1.82, 2.24) is 39.1 Å². The molecule has 160 valence electrons. The van der Waals surface area contributed by atoms with Gasteiger partial charge in [0.25, 0.3) is 0 Å². The molecule has 4 aromatic heterocycles. The Morgan fingerprint density at radius 3 is 2.69 bits per heavy atom. The molecule has 32 heavy (non-hydrogen) atoms. The van der Waals surface area contributed by atoms with Crippen LogP contribution in [0.5, 0.6) is 0 Å². The van der Waals surface area contributed by atoms with Gasteiger partial charge in [0.1, 0.15) is 5.54 Å². The number of carbonyl (C=O) groups excluding carboxylic acids is 1. The summed E-state index contributed by atoms with van der Waals surface area (Å²) in [5, 5.41) is 22.7. The SMILES string of the molecule is Cn1cc(-c2cn3nccc3c(-c3cnn(C4(CC#N)CN(C(=O)C5CC5)C4)c3)n2)cn1. The summed E-state index contributed by atoms with van der Waals surface area (Å²) in [7, 11) is 1.87. The van der Waals surface area contributed by atoms with Crippen LogP contribution in [0.4, 0.5) is 0 Å². The highest BCUT2D eigenvalue weighted by Crippen LogP contribution is 2.39. The van der Waals surface area contributed by atoms with Crippen LogP contribution < -0.4 is 0 Å². The Balaban J connectivity index is 1.37. The molecule has 6 rings (SSSR count). The Labute approximate surface area is 183 Å². The lowest BCUT2D eigenvalue weighted by atomic mass is 9.86. The highest BCUT2D eigenvalue weighted by molar-refractivity contribution is 5.82. The highest BCUT2D eigenvalue weighted by atomic mass is 16.2. The van der Waals surface area contributed by atoms with E-state index in [1.807, 2.05) is 41.3 Å². The van der Waals surface area contributed by atoms with Gasteiger partial charge in [-0.2, -0.15) is 20.6 Å². The predicted octanol–water partition coefficient (Wildman–Crippen LogP) is 1.85. The molecular weight excluding hydrogens is 406 g/mol. The highest BCUT2D eigenvalue weighted by Gasteiger charge is 2.50. The van der Waals surface area contributed by atoms with Crippen LogP contribution >= 0.6 is 0 Å². The topological polar surface area (TPSA) is 110 Å². The van der Waals surface area contributed by atoms with E-state index in [1.54, 1.807) is 27.8 Å². The van der Waals surface area contributed by atoms with Gasteiger partial charge in [0.2, 0.25) is 5.91 Å². The smallest absolute Gasteiger partial charge is 0.225 e. The van der Waals surface area contributed by atoms with Gasteiger partial charge in [-0.1, -0.05) is 0 Å². The summed E-state index contributed by atoms with van der Waals surface area (Å²) in [5.41, 5.74) is 3.62. The summed E-state index contributed by atoms with van der Waals surface area (Å²) < 4.78 is 5.37. The van der Waals surface area contributed by atoms with Crippen LogP contribution in [0, 0.1) is 17.2 Å². The molecule has 1 aliphatic heterocycles. The monoisotopic (exact) mass is 427 g/mol. The molecule has 4 aromatic rings. The van der Waals surface area contributed by atoms with Gasteiger partial charge in [0.15, 0.2) is 0 Å². The summed E-state index contributed by atoms with van der Waals surface area (Å²) in [4.78, 5) is 19.2. The van der Waals surface area contributed by atoms with Crippen LogP contribution in [-0.2, 0) is 17.4 Å². The maximum Gasteiger partial charge on any atom is 0.225 e. The lowest BCUT2D eigenvalue weighted by Gasteiger charge is -2.49. The van der Waals surface area contributed by atoms with Crippen molar-refractivity contribution in [2.75, 3.05) is 13.1 Å². The lowest BCUT2D eigenvalue weighted by molar-refractivity contribution is -0.144. The van der Waals surface area contributed by atoms with E-state index in [0.29, 0.717) is 19.5 Å². The number of likely N-dealkylation sites (tertiary alicyclic amines) is 1. The Bertz CT molecular complexity index is 1380. The van der Waals surface area contributed by atoms with E-state index in [2.05, 4.69) is 21.4 Å². The number of nitrogens with zero attached hydrogens (tertiary/aromatic N) is 9. The largest absolute Gasteiger partial charge is 0.337 e. The maximum atomic E-state index is 12.4. The van der Waals surface area contributed by atoms with Crippen molar-refractivity contribution in [3.63, 3.8) is 0 Å². The van der Waals surface area contributed by atoms with Gasteiger partial charge in [-0.3, -0.25) is 14.2 Å². The Hall–Kier alpha value is -4.00. The van der Waals surface area contributed by atoms with Gasteiger partial charge in [0, 0.05) is 49.6 Å². The summed E-state index contributed by atoms with van der Waals surface area (Å²) in [6.07, 6.45) is 13.3. The fourth-order valence-electron chi connectivity index (χ4n) is 4.43. The van der Waals surface area contributed by atoms with E-state index < -0.39 is 5.54 Å². The number of nitriles is 1. The molecule has 1 amide bonds. The summed E-state index contributed by atoms with van der Waals surface area (Å²) >= 11 is 0. The number of hydrogen-bond acceptors (Lipinski definition) is 6. The van der Waals surface area contributed by atoms with Crippen LogP contribution in [0.1, 0.15) is 19.3 Å². The molecule has 0 aromatic carbocycles. The standard InChI is InChI=1S/C22H21N9O/c1-28-10-16(8-25-28)18-12-30-19(4-7-24-30)20(27-18)17-9-26-31(11-17)22(5-6-23)13-29(14-22)21(32)15-2-3-15/h4,7-12,15H,2-3,5,13-14H2,1H3. The average molecular weight is 427 g/mol. The minimum atomic E-state index is -0.491. The molecule has 10 heteroatoms. The van der Waals surface area contributed by atoms with Crippen LogP contribution in [0.2, 0.25) is 0 Å². The minimum Gasteiger partial charge on any atom is -0.337 e. The molecule has 0 N–H and O–H groups in total. The van der Waals surface area contributed by atoms with Gasteiger partial charge in [-0.15, -0.1) is 0 Å². The average Bonchev–Trinajstić information content (AvgIpc) is 3.14. The van der Waals surface area contributed by atoms with E-state index >= 15 is 0 Å². The second-order valence-corrected chi connectivity index (χ2v) is 8.74. The number of rotatable bonds is 5. The maximum absolute atomic E-state index is 12.4. The van der Waals surface area contributed by atoms with Crippen LogP contribution in [-0.4, -0.2) is 58.1 Å². The predicted molar refractivity (Wildman–Crippen MR) is 114 cm³/mol. The third-order valence-electron chi connectivity index (χ3n) is 6.35. The summed E-state index contributed by atoms with van der Waals surface area (Å²) in [5.74, 6) is 0.385. The molecule has 2 fully saturated rings. The van der Waals surface area contributed by atoms with Crippen molar-refractivity contribution >= 4 is 11.4 Å². The van der Waals surface area contributed by atoms with Crippen molar-refractivity contribution in [1.29, 1.82) is 5.26 Å². The quantitative estimate of drug-likeness (QED) is 0.481. The van der Waals surface area contributed by atoms with Crippen LogP contribution in [0.25, 0.3) is 28.0 Å². The molecule has 0 bridgehead atoms. The fourth-order valence-corrected chi connectivity index (χ4v) is 4.43. The molecule has 5 heterocycles. The minimum absolute atomic E-state index is 0.179. The van der Waals surface area contributed by atoms with Crippen LogP contribution in [0.15, 0.2) is 43.2 Å². The number of aryl methyl sites for hydroxylation is 1. The first-order valence-corrected chi connectivity index (χ1v) is 10.6. The molecule has 1 saturated heterocycles. The molecule has 10 nitrogen and oxygen atoms in total. The van der Waals surface area contributed by atoms with E-state index in [1.165, 1.54) is 0 Å². The van der Waals surface area contributed by atoms with Crippen molar-refractivity contribution in [3.05, 3.63) is 43.2 Å². The van der Waals surface area contributed by atoms with Crippen LogP contribution in [0.3, 0.4) is 0 Å². The molecule has 0 atom stereocenters. The van der Waals surface area contributed by atoms with Crippen molar-refractivity contribution in [2.24, 2.45) is 13.0 Å². The zero-order valence-corrected chi connectivity index (χ0v) is 17.6. The second kappa shape index (κ2) is 6.75. The summed E-state index contributed by atoms with van der Waals surface area (Å²) in [6, 6.07) is 4.20. The third kappa shape index (κ3) is 2.89. The zero-order chi connectivity index (χ0) is 21.9. The number of fused-ring (bicyclic) bond motifs is 1. The van der Waals surface area contributed by atoms with Gasteiger partial charge >= 0.3 is 0 Å². The van der Waals surface area contributed by atoms with Gasteiger partial charge < -0.3 is 4.90 Å². The Morgan fingerprint density at radius 1 is 1.16 bits per heavy atom. The first-order chi connectivity index (χ1) is 15.6. The molecule has 1 aliphatic carbocycles. The fraction of sp³-hybridized carbons (Fsp3) is 0.364. The molecule has 0 spiro atoms. The Morgan fingerprint density at radius 2 is 1.97 bits per heavy atom. The first-order valence-electron chi connectivity index (χ1n) is 10.6. The van der Waals surface area contributed by atoms with E-state index in [9.17, 15) is 10.1 Å². The van der Waals surface area contributed by atoms with Gasteiger partial charge in [-0.05, 0) is 18.9 Å². The second-order valence-electron chi connectivity index (χ2n) is 8.74.